The van der Waals surface area contributed by atoms with Gasteiger partial charge in [-0.2, -0.15) is 0 Å². The first-order valence-electron chi connectivity index (χ1n) is 19.2. The summed E-state index contributed by atoms with van der Waals surface area (Å²) in [5.74, 6) is -1.25. The number of aromatic nitrogens is 2. The second kappa shape index (κ2) is 19.5. The number of rotatable bonds is 18. The highest BCUT2D eigenvalue weighted by Crippen LogP contribution is 2.30. The average Bonchev–Trinajstić information content (AvgIpc) is 3.71. The predicted octanol–water partition coefficient (Wildman–Crippen LogP) is 8.47. The maximum Gasteiger partial charge on any atom is 0.329 e. The number of thiophene rings is 1. The number of carboxylic acids is 1. The fourth-order valence-electron chi connectivity index (χ4n) is 6.08. The van der Waals surface area contributed by atoms with Gasteiger partial charge in [0.2, 0.25) is 5.91 Å². The van der Waals surface area contributed by atoms with Gasteiger partial charge in [-0.1, -0.05) is 120 Å². The normalized spacial score (nSPS) is 13.0. The third-order valence-corrected chi connectivity index (χ3v) is 11.0. The number of unbranched alkanes of at least 4 members (excludes halogenated alkanes) is 4. The number of aliphatic carboxylic acids is 1. The van der Waals surface area contributed by atoms with Crippen LogP contribution in [0.25, 0.3) is 22.5 Å². The largest absolute Gasteiger partial charge is 0.494 e. The van der Waals surface area contributed by atoms with Crippen LogP contribution in [-0.2, 0) is 21.4 Å². The molecular weight excluding hydrogens is 725 g/mol. The lowest BCUT2D eigenvalue weighted by Crippen LogP contribution is -2.54. The van der Waals surface area contributed by atoms with Gasteiger partial charge in [0, 0.05) is 34.8 Å². The zero-order valence-electron chi connectivity index (χ0n) is 32.7. The van der Waals surface area contributed by atoms with E-state index in [1.807, 2.05) is 61.5 Å². The molecule has 5 rings (SSSR count). The highest BCUT2D eigenvalue weighted by atomic mass is 32.1. The van der Waals surface area contributed by atoms with Crippen LogP contribution in [0.15, 0.2) is 97.3 Å². The van der Waals surface area contributed by atoms with Crippen molar-refractivity contribution in [1.82, 2.24) is 20.6 Å². The van der Waals surface area contributed by atoms with Gasteiger partial charge >= 0.3 is 5.97 Å². The molecule has 3 aromatic carbocycles. The fourth-order valence-corrected chi connectivity index (χ4v) is 7.05. The number of aliphatic hydroxyl groups excluding tert-OH is 1. The molecule has 56 heavy (non-hydrogen) atoms. The van der Waals surface area contributed by atoms with E-state index < -0.39 is 36.0 Å². The Morgan fingerprint density at radius 2 is 1.43 bits per heavy atom. The molecule has 0 bridgehead atoms. The van der Waals surface area contributed by atoms with Crippen LogP contribution in [0.3, 0.4) is 0 Å². The van der Waals surface area contributed by atoms with Gasteiger partial charge in [0.15, 0.2) is 11.9 Å². The zero-order valence-corrected chi connectivity index (χ0v) is 33.6. The number of aliphatic hydroxyl groups is 1. The molecule has 0 fully saturated rings. The number of hydrogen-bond donors (Lipinski definition) is 4. The smallest absolute Gasteiger partial charge is 0.329 e. The summed E-state index contributed by atoms with van der Waals surface area (Å²) in [6.45, 7) is 10.9. The number of amides is 2. The number of hydrogen-bond acceptors (Lipinski definition) is 8. The SMILES string of the molecule is CCCCCCCOc1ccc(-c2cnc(-c3ccc(CC(NC(=O)c4ccc(C(C)(C)C)s4)C(=O)NC(C(=O)O)C(O)c4ccc(C)cc4)cc3)nc2)cc1. The summed E-state index contributed by atoms with van der Waals surface area (Å²) in [5, 5.41) is 26.3. The van der Waals surface area contributed by atoms with Crippen LogP contribution in [-0.4, -0.2) is 56.7 Å². The van der Waals surface area contributed by atoms with Crippen LogP contribution in [0.2, 0.25) is 0 Å². The standard InChI is InChI=1S/C45H52N4O6S/c1-6-7-8-9-10-25-55-35-21-19-31(20-22-35)34-27-46-41(47-28-34)33-17-13-30(14-18-33)26-36(48-43(52)37-23-24-38(56-37)45(3,4)5)42(51)49-39(44(53)54)40(50)32-15-11-29(2)12-16-32/h11-24,27-28,36,39-40,50H,6-10,25-26H2,1-5H3,(H,48,52)(H,49,51)(H,53,54). The molecule has 2 aromatic heterocycles. The van der Waals surface area contributed by atoms with Crippen LogP contribution in [0, 0.1) is 6.92 Å². The van der Waals surface area contributed by atoms with Crippen molar-refractivity contribution in [2.75, 3.05) is 6.61 Å². The Balaban J connectivity index is 1.28. The minimum atomic E-state index is -1.65. The van der Waals surface area contributed by atoms with Crippen molar-refractivity contribution in [3.05, 3.63) is 124 Å². The predicted molar refractivity (Wildman–Crippen MR) is 221 cm³/mol. The van der Waals surface area contributed by atoms with Gasteiger partial charge in [-0.25, -0.2) is 14.8 Å². The summed E-state index contributed by atoms with van der Waals surface area (Å²) in [6.07, 6.45) is 8.04. The summed E-state index contributed by atoms with van der Waals surface area (Å²) in [5.41, 5.74) is 4.42. The van der Waals surface area contributed by atoms with E-state index in [0.717, 1.165) is 39.3 Å². The number of ether oxygens (including phenoxy) is 1. The minimum Gasteiger partial charge on any atom is -0.494 e. The lowest BCUT2D eigenvalue weighted by molar-refractivity contribution is -0.145. The van der Waals surface area contributed by atoms with E-state index in [2.05, 4.69) is 48.3 Å². The molecule has 2 amide bonds. The lowest BCUT2D eigenvalue weighted by Gasteiger charge is -2.24. The monoisotopic (exact) mass is 776 g/mol. The second-order valence-electron chi connectivity index (χ2n) is 15.1. The van der Waals surface area contributed by atoms with Gasteiger partial charge in [0.1, 0.15) is 17.9 Å². The van der Waals surface area contributed by atoms with Crippen LogP contribution in [0.5, 0.6) is 5.75 Å². The molecule has 0 saturated heterocycles. The van der Waals surface area contributed by atoms with Gasteiger partial charge in [-0.05, 0) is 59.7 Å². The van der Waals surface area contributed by atoms with Gasteiger partial charge in [0.05, 0.1) is 11.5 Å². The summed E-state index contributed by atoms with van der Waals surface area (Å²) >= 11 is 1.34. The average molecular weight is 777 g/mol. The maximum absolute atomic E-state index is 13.8. The molecule has 10 nitrogen and oxygen atoms in total. The number of carbonyl (C=O) groups excluding carboxylic acids is 2. The molecular formula is C45H52N4O6S. The number of nitrogens with one attached hydrogen (secondary N) is 2. The molecule has 3 atom stereocenters. The number of carboxylic acid groups (broad SMARTS) is 1. The van der Waals surface area contributed by atoms with E-state index in [-0.39, 0.29) is 11.8 Å². The van der Waals surface area contributed by atoms with E-state index in [0.29, 0.717) is 28.4 Å². The van der Waals surface area contributed by atoms with Gasteiger partial charge in [-0.15, -0.1) is 11.3 Å². The summed E-state index contributed by atoms with van der Waals surface area (Å²) in [7, 11) is 0. The van der Waals surface area contributed by atoms with Crippen molar-refractivity contribution < 1.29 is 29.3 Å². The summed E-state index contributed by atoms with van der Waals surface area (Å²) in [4.78, 5) is 50.2. The first kappa shape index (κ1) is 41.8. The van der Waals surface area contributed by atoms with E-state index in [4.69, 9.17) is 4.74 Å². The Morgan fingerprint density at radius 3 is 2.04 bits per heavy atom. The Labute approximate surface area is 333 Å². The van der Waals surface area contributed by atoms with Crippen molar-refractivity contribution in [3.8, 4) is 28.3 Å². The van der Waals surface area contributed by atoms with Gasteiger partial charge in [0.25, 0.3) is 5.91 Å². The van der Waals surface area contributed by atoms with Gasteiger partial charge < -0.3 is 25.6 Å². The van der Waals surface area contributed by atoms with Crippen molar-refractivity contribution in [2.24, 2.45) is 0 Å². The topological polar surface area (TPSA) is 151 Å². The first-order valence-corrected chi connectivity index (χ1v) is 20.0. The molecule has 0 saturated carbocycles. The summed E-state index contributed by atoms with van der Waals surface area (Å²) in [6, 6.07) is 22.8. The van der Waals surface area contributed by atoms with Crippen molar-refractivity contribution >= 4 is 29.1 Å². The molecule has 2 heterocycles. The minimum absolute atomic E-state index is 0.0562. The molecule has 0 aliphatic heterocycles. The quantitative estimate of drug-likeness (QED) is 0.0648. The number of carbonyl (C=O) groups is 3. The highest BCUT2D eigenvalue weighted by Gasteiger charge is 2.33. The van der Waals surface area contributed by atoms with Crippen LogP contribution < -0.4 is 15.4 Å². The molecule has 0 radical (unpaired) electrons. The van der Waals surface area contributed by atoms with E-state index in [9.17, 15) is 24.6 Å². The molecule has 3 unspecified atom stereocenters. The molecule has 11 heteroatoms. The Morgan fingerprint density at radius 1 is 0.786 bits per heavy atom. The molecule has 0 spiro atoms. The Kier molecular flexibility index (Phi) is 14.5. The van der Waals surface area contributed by atoms with E-state index in [1.54, 1.807) is 42.7 Å². The number of benzene rings is 3. The highest BCUT2D eigenvalue weighted by molar-refractivity contribution is 7.14. The Hall–Kier alpha value is -5.39. The van der Waals surface area contributed by atoms with E-state index in [1.165, 1.54) is 37.0 Å². The van der Waals surface area contributed by atoms with Crippen molar-refractivity contribution in [1.29, 1.82) is 0 Å². The van der Waals surface area contributed by atoms with E-state index >= 15 is 0 Å². The van der Waals surface area contributed by atoms with Crippen molar-refractivity contribution in [2.45, 2.75) is 96.7 Å². The molecule has 5 aromatic rings. The lowest BCUT2D eigenvalue weighted by atomic mass is 9.95. The fraction of sp³-hybridized carbons (Fsp3) is 0.356. The van der Waals surface area contributed by atoms with Crippen LogP contribution in [0.4, 0.5) is 0 Å². The Bertz CT molecular complexity index is 2040. The molecule has 0 aliphatic rings. The molecule has 4 N–H and O–H groups in total. The van der Waals surface area contributed by atoms with Crippen molar-refractivity contribution in [3.63, 3.8) is 0 Å². The molecule has 294 valence electrons. The zero-order chi connectivity index (χ0) is 40.2. The van der Waals surface area contributed by atoms with Crippen LogP contribution >= 0.6 is 11.3 Å². The first-order chi connectivity index (χ1) is 26.8. The number of nitrogens with zero attached hydrogens (tertiary/aromatic N) is 2. The number of aryl methyl sites for hydroxylation is 1. The second-order valence-corrected chi connectivity index (χ2v) is 16.2. The van der Waals surface area contributed by atoms with Crippen LogP contribution in [0.1, 0.15) is 97.1 Å². The third kappa shape index (κ3) is 11.6. The summed E-state index contributed by atoms with van der Waals surface area (Å²) < 4.78 is 5.90. The molecule has 0 aliphatic carbocycles. The maximum atomic E-state index is 13.8. The van der Waals surface area contributed by atoms with Gasteiger partial charge in [-0.3, -0.25) is 9.59 Å². The third-order valence-electron chi connectivity index (χ3n) is 9.50.